The Balaban J connectivity index is 2.06. The van der Waals surface area contributed by atoms with E-state index in [0.29, 0.717) is 5.56 Å². The van der Waals surface area contributed by atoms with Crippen molar-refractivity contribution < 1.29 is 9.18 Å². The fourth-order valence-corrected chi connectivity index (χ4v) is 1.61. The van der Waals surface area contributed by atoms with Gasteiger partial charge in [0.2, 0.25) is 0 Å². The summed E-state index contributed by atoms with van der Waals surface area (Å²) in [6.45, 7) is 1.85. The lowest BCUT2D eigenvalue weighted by Crippen LogP contribution is -2.26. The number of nitrogens with zero attached hydrogens (tertiary/aromatic N) is 1. The van der Waals surface area contributed by atoms with Gasteiger partial charge in [0, 0.05) is 12.4 Å². The predicted molar refractivity (Wildman–Crippen MR) is 66.5 cm³/mol. The number of hydrogen-bond acceptors (Lipinski definition) is 2. The van der Waals surface area contributed by atoms with Gasteiger partial charge in [-0.05, 0) is 36.8 Å². The topological polar surface area (TPSA) is 42.0 Å². The molecule has 2 aromatic rings. The van der Waals surface area contributed by atoms with E-state index in [4.69, 9.17) is 0 Å². The zero-order valence-electron chi connectivity index (χ0n) is 9.93. The van der Waals surface area contributed by atoms with Crippen LogP contribution in [-0.4, -0.2) is 10.9 Å². The van der Waals surface area contributed by atoms with Gasteiger partial charge in [0.1, 0.15) is 5.82 Å². The second-order valence-electron chi connectivity index (χ2n) is 3.99. The highest BCUT2D eigenvalue weighted by Gasteiger charge is 2.11. The molecule has 1 heterocycles. The van der Waals surface area contributed by atoms with Crippen molar-refractivity contribution in [1.82, 2.24) is 10.3 Å². The van der Waals surface area contributed by atoms with Gasteiger partial charge in [-0.25, -0.2) is 4.39 Å². The minimum atomic E-state index is -0.287. The molecule has 18 heavy (non-hydrogen) atoms. The average molecular weight is 244 g/mol. The maximum Gasteiger partial charge on any atom is 0.253 e. The van der Waals surface area contributed by atoms with Gasteiger partial charge < -0.3 is 5.32 Å². The quantitative estimate of drug-likeness (QED) is 0.902. The predicted octanol–water partition coefficient (Wildman–Crippen LogP) is 2.71. The van der Waals surface area contributed by atoms with Gasteiger partial charge in [-0.1, -0.05) is 12.1 Å². The SMILES string of the molecule is CC(NC(=O)c1cccnc1)c1ccc(F)cc1. The van der Waals surface area contributed by atoms with Crippen molar-refractivity contribution in [2.24, 2.45) is 0 Å². The number of amides is 1. The highest BCUT2D eigenvalue weighted by molar-refractivity contribution is 5.94. The van der Waals surface area contributed by atoms with E-state index < -0.39 is 0 Å². The third-order valence-electron chi connectivity index (χ3n) is 2.64. The minimum Gasteiger partial charge on any atom is -0.345 e. The fourth-order valence-electron chi connectivity index (χ4n) is 1.61. The highest BCUT2D eigenvalue weighted by Crippen LogP contribution is 2.13. The number of halogens is 1. The number of aromatic nitrogens is 1. The molecule has 3 nitrogen and oxygen atoms in total. The normalized spacial score (nSPS) is 11.9. The Morgan fingerprint density at radius 2 is 2.00 bits per heavy atom. The summed E-state index contributed by atoms with van der Waals surface area (Å²) in [6.07, 6.45) is 3.12. The largest absolute Gasteiger partial charge is 0.345 e. The summed E-state index contributed by atoms with van der Waals surface area (Å²) in [4.78, 5) is 15.8. The van der Waals surface area contributed by atoms with Crippen LogP contribution in [0.3, 0.4) is 0 Å². The molecule has 0 aliphatic heterocycles. The number of rotatable bonds is 3. The summed E-state index contributed by atoms with van der Waals surface area (Å²) < 4.78 is 12.8. The Bertz CT molecular complexity index is 525. The summed E-state index contributed by atoms with van der Waals surface area (Å²) in [5.74, 6) is -0.482. The van der Waals surface area contributed by atoms with Gasteiger partial charge in [0.25, 0.3) is 5.91 Å². The Labute approximate surface area is 105 Å². The molecule has 1 atom stereocenters. The molecule has 0 bridgehead atoms. The van der Waals surface area contributed by atoms with Gasteiger partial charge in [-0.15, -0.1) is 0 Å². The molecule has 0 saturated carbocycles. The van der Waals surface area contributed by atoms with Gasteiger partial charge >= 0.3 is 0 Å². The van der Waals surface area contributed by atoms with Gasteiger partial charge in [-0.2, -0.15) is 0 Å². The number of benzene rings is 1. The lowest BCUT2D eigenvalue weighted by atomic mass is 10.1. The fraction of sp³-hybridized carbons (Fsp3) is 0.143. The summed E-state index contributed by atoms with van der Waals surface area (Å²) in [5, 5.41) is 2.83. The van der Waals surface area contributed by atoms with E-state index in [2.05, 4.69) is 10.3 Å². The third kappa shape index (κ3) is 2.91. The Morgan fingerprint density at radius 1 is 1.28 bits per heavy atom. The van der Waals surface area contributed by atoms with Crippen LogP contribution in [0, 0.1) is 5.82 Å². The molecule has 0 aliphatic carbocycles. The lowest BCUT2D eigenvalue weighted by molar-refractivity contribution is 0.0939. The zero-order chi connectivity index (χ0) is 13.0. The van der Waals surface area contributed by atoms with E-state index in [1.54, 1.807) is 30.5 Å². The number of nitrogens with one attached hydrogen (secondary N) is 1. The van der Waals surface area contributed by atoms with Crippen LogP contribution in [0.2, 0.25) is 0 Å². The van der Waals surface area contributed by atoms with E-state index in [9.17, 15) is 9.18 Å². The van der Waals surface area contributed by atoms with E-state index in [1.165, 1.54) is 18.3 Å². The first-order chi connectivity index (χ1) is 8.66. The van der Waals surface area contributed by atoms with Crippen molar-refractivity contribution in [3.8, 4) is 0 Å². The first kappa shape index (κ1) is 12.2. The van der Waals surface area contributed by atoms with E-state index in [1.807, 2.05) is 6.92 Å². The summed E-state index contributed by atoms with van der Waals surface area (Å²) >= 11 is 0. The van der Waals surface area contributed by atoms with Crippen LogP contribution in [0.15, 0.2) is 48.8 Å². The van der Waals surface area contributed by atoms with Crippen LogP contribution in [-0.2, 0) is 0 Å². The van der Waals surface area contributed by atoms with Crippen LogP contribution in [0.5, 0.6) is 0 Å². The average Bonchev–Trinajstić information content (AvgIpc) is 2.40. The molecule has 1 unspecified atom stereocenters. The number of hydrogen-bond donors (Lipinski definition) is 1. The van der Waals surface area contributed by atoms with Crippen LogP contribution >= 0.6 is 0 Å². The Hall–Kier alpha value is -2.23. The van der Waals surface area contributed by atoms with E-state index in [0.717, 1.165) is 5.56 Å². The molecule has 1 aromatic heterocycles. The molecule has 1 amide bonds. The van der Waals surface area contributed by atoms with Crippen LogP contribution in [0.25, 0.3) is 0 Å². The maximum absolute atomic E-state index is 12.8. The molecule has 4 heteroatoms. The van der Waals surface area contributed by atoms with E-state index >= 15 is 0 Å². The summed E-state index contributed by atoms with van der Waals surface area (Å²) in [6, 6.07) is 9.28. The number of pyridine rings is 1. The van der Waals surface area contributed by atoms with Crippen molar-refractivity contribution in [2.45, 2.75) is 13.0 Å². The second kappa shape index (κ2) is 5.40. The molecule has 0 fully saturated rings. The van der Waals surface area contributed by atoms with Crippen LogP contribution < -0.4 is 5.32 Å². The zero-order valence-corrected chi connectivity index (χ0v) is 9.93. The molecule has 0 spiro atoms. The maximum atomic E-state index is 12.8. The smallest absolute Gasteiger partial charge is 0.253 e. The first-order valence-corrected chi connectivity index (χ1v) is 5.63. The molecular weight excluding hydrogens is 231 g/mol. The monoisotopic (exact) mass is 244 g/mol. The van der Waals surface area contributed by atoms with Crippen molar-refractivity contribution in [1.29, 1.82) is 0 Å². The van der Waals surface area contributed by atoms with E-state index in [-0.39, 0.29) is 17.8 Å². The van der Waals surface area contributed by atoms with Gasteiger partial charge in [-0.3, -0.25) is 9.78 Å². The van der Waals surface area contributed by atoms with Gasteiger partial charge in [0.15, 0.2) is 0 Å². The second-order valence-corrected chi connectivity index (χ2v) is 3.99. The van der Waals surface area contributed by atoms with Crippen LogP contribution in [0.1, 0.15) is 28.9 Å². The molecule has 1 N–H and O–H groups in total. The highest BCUT2D eigenvalue weighted by atomic mass is 19.1. The molecule has 0 radical (unpaired) electrons. The van der Waals surface area contributed by atoms with Crippen molar-refractivity contribution in [3.63, 3.8) is 0 Å². The summed E-state index contributed by atoms with van der Waals surface area (Å²) in [5.41, 5.74) is 1.36. The number of carbonyl (C=O) groups is 1. The molecule has 2 rings (SSSR count). The lowest BCUT2D eigenvalue weighted by Gasteiger charge is -2.14. The van der Waals surface area contributed by atoms with Gasteiger partial charge in [0.05, 0.1) is 11.6 Å². The first-order valence-electron chi connectivity index (χ1n) is 5.63. The molecule has 0 aliphatic rings. The molecule has 1 aromatic carbocycles. The number of carbonyl (C=O) groups excluding carboxylic acids is 1. The standard InChI is InChI=1S/C14H13FN2O/c1-10(11-4-6-13(15)7-5-11)17-14(18)12-3-2-8-16-9-12/h2-10H,1H3,(H,17,18). The van der Waals surface area contributed by atoms with Crippen molar-refractivity contribution in [2.75, 3.05) is 0 Å². The molecular formula is C14H13FN2O. The molecule has 92 valence electrons. The van der Waals surface area contributed by atoms with Crippen LogP contribution in [0.4, 0.5) is 4.39 Å². The minimum absolute atomic E-state index is 0.182. The Kier molecular flexibility index (Phi) is 3.67. The Morgan fingerprint density at radius 3 is 2.61 bits per heavy atom. The molecule has 0 saturated heterocycles. The van der Waals surface area contributed by atoms with Crippen molar-refractivity contribution in [3.05, 3.63) is 65.7 Å². The third-order valence-corrected chi connectivity index (χ3v) is 2.64. The van der Waals surface area contributed by atoms with Crippen molar-refractivity contribution >= 4 is 5.91 Å². The summed E-state index contributed by atoms with van der Waals surface area (Å²) in [7, 11) is 0.